The molecule has 1 aromatic rings. The lowest BCUT2D eigenvalue weighted by Crippen LogP contribution is -2.29. The second kappa shape index (κ2) is 5.91. The van der Waals surface area contributed by atoms with E-state index in [0.29, 0.717) is 11.7 Å². The molecule has 2 atom stereocenters. The fraction of sp³-hybridized carbons (Fsp3) is 0.750. The van der Waals surface area contributed by atoms with Gasteiger partial charge in [-0.2, -0.15) is 9.97 Å². The molecule has 0 saturated carbocycles. The normalized spacial score (nSPS) is 25.2. The minimum atomic E-state index is 0.287. The smallest absolute Gasteiger partial charge is 0.223 e. The van der Waals surface area contributed by atoms with Gasteiger partial charge in [-0.25, -0.2) is 0 Å². The average molecular weight is 304 g/mol. The van der Waals surface area contributed by atoms with Gasteiger partial charge in [0.05, 0.1) is 0 Å². The molecule has 0 amide bonds. The molecule has 6 nitrogen and oxygen atoms in total. The molecule has 0 radical (unpaired) electrons. The Morgan fingerprint density at radius 3 is 2.32 bits per heavy atom. The predicted octanol–water partition coefficient (Wildman–Crippen LogP) is 1.23. The number of nitrogen functional groups attached to an aromatic ring is 2. The average Bonchev–Trinajstić information content (AvgIpc) is 2.93. The van der Waals surface area contributed by atoms with Crippen molar-refractivity contribution in [2.45, 2.75) is 26.7 Å². The van der Waals surface area contributed by atoms with E-state index in [1.165, 1.54) is 13.1 Å². The molecule has 0 aliphatic carbocycles. The summed E-state index contributed by atoms with van der Waals surface area (Å²) in [5, 5.41) is 0. The van der Waals surface area contributed by atoms with Gasteiger partial charge in [-0.05, 0) is 37.6 Å². The SMILES string of the molecule is CC(C)CCc1c(N)nc(N)nc1N1CC2CN(C)CC2C1. The maximum Gasteiger partial charge on any atom is 0.223 e. The van der Waals surface area contributed by atoms with E-state index in [4.69, 9.17) is 11.5 Å². The van der Waals surface area contributed by atoms with E-state index >= 15 is 0 Å². The molecule has 2 unspecified atom stereocenters. The summed E-state index contributed by atoms with van der Waals surface area (Å²) < 4.78 is 0. The molecule has 3 rings (SSSR count). The molecular formula is C16H28N6. The fourth-order valence-electron chi connectivity index (χ4n) is 3.84. The summed E-state index contributed by atoms with van der Waals surface area (Å²) in [5.41, 5.74) is 13.1. The molecule has 3 heterocycles. The van der Waals surface area contributed by atoms with Crippen LogP contribution < -0.4 is 16.4 Å². The Hall–Kier alpha value is -1.56. The predicted molar refractivity (Wildman–Crippen MR) is 90.7 cm³/mol. The number of hydrogen-bond donors (Lipinski definition) is 2. The van der Waals surface area contributed by atoms with Crippen LogP contribution in [0.25, 0.3) is 0 Å². The third-order valence-corrected chi connectivity index (χ3v) is 4.97. The number of likely N-dealkylation sites (tertiary alicyclic amines) is 1. The van der Waals surface area contributed by atoms with Gasteiger partial charge < -0.3 is 21.3 Å². The molecule has 22 heavy (non-hydrogen) atoms. The second-order valence-electron chi connectivity index (χ2n) is 7.35. The molecule has 6 heteroatoms. The number of nitrogens with two attached hydrogens (primary N) is 2. The van der Waals surface area contributed by atoms with Gasteiger partial charge in [0.15, 0.2) is 0 Å². The zero-order valence-electron chi connectivity index (χ0n) is 13.9. The van der Waals surface area contributed by atoms with Crippen molar-refractivity contribution in [3.8, 4) is 0 Å². The number of anilines is 3. The fourth-order valence-corrected chi connectivity index (χ4v) is 3.84. The zero-order chi connectivity index (χ0) is 15.9. The van der Waals surface area contributed by atoms with Crippen molar-refractivity contribution < 1.29 is 0 Å². The lowest BCUT2D eigenvalue weighted by atomic mass is 10.0. The van der Waals surface area contributed by atoms with Gasteiger partial charge in [-0.1, -0.05) is 13.8 Å². The van der Waals surface area contributed by atoms with Crippen LogP contribution in [0.1, 0.15) is 25.8 Å². The number of aromatic nitrogens is 2. The summed E-state index contributed by atoms with van der Waals surface area (Å²) >= 11 is 0. The van der Waals surface area contributed by atoms with E-state index < -0.39 is 0 Å². The Labute approximate surface area is 132 Å². The van der Waals surface area contributed by atoms with Gasteiger partial charge in [-0.15, -0.1) is 0 Å². The van der Waals surface area contributed by atoms with E-state index in [0.717, 1.165) is 49.1 Å². The highest BCUT2D eigenvalue weighted by Gasteiger charge is 2.39. The van der Waals surface area contributed by atoms with Crippen molar-refractivity contribution in [2.24, 2.45) is 17.8 Å². The summed E-state index contributed by atoms with van der Waals surface area (Å²) in [7, 11) is 2.21. The van der Waals surface area contributed by atoms with Crippen molar-refractivity contribution in [1.29, 1.82) is 0 Å². The molecule has 2 saturated heterocycles. The third-order valence-electron chi connectivity index (χ3n) is 4.97. The van der Waals surface area contributed by atoms with Crippen molar-refractivity contribution in [1.82, 2.24) is 14.9 Å². The molecule has 122 valence electrons. The van der Waals surface area contributed by atoms with E-state index in [1.54, 1.807) is 0 Å². The first-order valence-corrected chi connectivity index (χ1v) is 8.29. The van der Waals surface area contributed by atoms with E-state index in [9.17, 15) is 0 Å². The van der Waals surface area contributed by atoms with E-state index in [1.807, 2.05) is 0 Å². The van der Waals surface area contributed by atoms with Gasteiger partial charge in [0, 0.05) is 31.7 Å². The lowest BCUT2D eigenvalue weighted by Gasteiger charge is -2.24. The number of rotatable bonds is 4. The van der Waals surface area contributed by atoms with Crippen molar-refractivity contribution in [2.75, 3.05) is 49.6 Å². The molecule has 2 aliphatic rings. The minimum Gasteiger partial charge on any atom is -0.383 e. The van der Waals surface area contributed by atoms with Crippen LogP contribution in [0.15, 0.2) is 0 Å². The van der Waals surface area contributed by atoms with Crippen LogP contribution in [0, 0.1) is 17.8 Å². The summed E-state index contributed by atoms with van der Waals surface area (Å²) in [5.74, 6) is 3.92. The number of nitrogens with zero attached hydrogens (tertiary/aromatic N) is 4. The topological polar surface area (TPSA) is 84.3 Å². The Morgan fingerprint density at radius 2 is 1.73 bits per heavy atom. The van der Waals surface area contributed by atoms with Crippen molar-refractivity contribution in [3.63, 3.8) is 0 Å². The first-order chi connectivity index (χ1) is 10.4. The van der Waals surface area contributed by atoms with Gasteiger partial charge in [0.25, 0.3) is 0 Å². The second-order valence-corrected chi connectivity index (χ2v) is 7.35. The van der Waals surface area contributed by atoms with Crippen LogP contribution in [0.5, 0.6) is 0 Å². The molecule has 1 aromatic heterocycles. The Kier molecular flexibility index (Phi) is 4.12. The molecule has 2 aliphatic heterocycles. The highest BCUT2D eigenvalue weighted by atomic mass is 15.3. The van der Waals surface area contributed by atoms with Crippen LogP contribution in [0.3, 0.4) is 0 Å². The molecule has 0 spiro atoms. The standard InChI is InChI=1S/C16H28N6/c1-10(2)4-5-13-14(17)19-16(18)20-15(13)22-8-11-6-21(3)7-12(11)9-22/h10-12H,4-9H2,1-3H3,(H4,17,18,19,20). The van der Waals surface area contributed by atoms with Crippen molar-refractivity contribution in [3.05, 3.63) is 5.56 Å². The van der Waals surface area contributed by atoms with Crippen molar-refractivity contribution >= 4 is 17.6 Å². The van der Waals surface area contributed by atoms with Crippen LogP contribution >= 0.6 is 0 Å². The Morgan fingerprint density at radius 1 is 1.09 bits per heavy atom. The zero-order valence-corrected chi connectivity index (χ0v) is 13.9. The Bertz CT molecular complexity index is 530. The Balaban J connectivity index is 1.83. The van der Waals surface area contributed by atoms with Gasteiger partial charge in [0.1, 0.15) is 11.6 Å². The highest BCUT2D eigenvalue weighted by Crippen LogP contribution is 2.35. The maximum atomic E-state index is 6.15. The molecule has 0 aromatic carbocycles. The van der Waals surface area contributed by atoms with Crippen LogP contribution in [0.2, 0.25) is 0 Å². The highest BCUT2D eigenvalue weighted by molar-refractivity contribution is 5.60. The first-order valence-electron chi connectivity index (χ1n) is 8.29. The molecular weight excluding hydrogens is 276 g/mol. The molecule has 4 N–H and O–H groups in total. The third kappa shape index (κ3) is 2.97. The molecule has 0 bridgehead atoms. The monoisotopic (exact) mass is 304 g/mol. The quantitative estimate of drug-likeness (QED) is 0.870. The van der Waals surface area contributed by atoms with Gasteiger partial charge in [0.2, 0.25) is 5.95 Å². The summed E-state index contributed by atoms with van der Waals surface area (Å²) in [4.78, 5) is 13.5. The number of fused-ring (bicyclic) bond motifs is 1. The molecule has 2 fully saturated rings. The summed E-state index contributed by atoms with van der Waals surface area (Å²) in [6, 6.07) is 0. The van der Waals surface area contributed by atoms with Crippen LogP contribution in [0.4, 0.5) is 17.6 Å². The van der Waals surface area contributed by atoms with Crippen LogP contribution in [-0.4, -0.2) is 48.1 Å². The van der Waals surface area contributed by atoms with E-state index in [2.05, 4.69) is 40.7 Å². The van der Waals surface area contributed by atoms with E-state index in [-0.39, 0.29) is 5.95 Å². The largest absolute Gasteiger partial charge is 0.383 e. The maximum absolute atomic E-state index is 6.15. The van der Waals surface area contributed by atoms with Crippen LogP contribution in [-0.2, 0) is 6.42 Å². The summed E-state index contributed by atoms with van der Waals surface area (Å²) in [6.07, 6.45) is 2.01. The summed E-state index contributed by atoms with van der Waals surface area (Å²) in [6.45, 7) is 8.92. The van der Waals surface area contributed by atoms with Gasteiger partial charge in [-0.3, -0.25) is 0 Å². The first kappa shape index (κ1) is 15.3. The lowest BCUT2D eigenvalue weighted by molar-refractivity contribution is 0.386. The van der Waals surface area contributed by atoms with Gasteiger partial charge >= 0.3 is 0 Å². The number of hydrogen-bond acceptors (Lipinski definition) is 6. The minimum absolute atomic E-state index is 0.287.